The normalized spacial score (nSPS) is 10.0. The van der Waals surface area contributed by atoms with E-state index in [9.17, 15) is 4.79 Å². The molecule has 0 aliphatic rings. The molecule has 0 aromatic heterocycles. The summed E-state index contributed by atoms with van der Waals surface area (Å²) in [6.07, 6.45) is 0. The van der Waals surface area contributed by atoms with Crippen LogP contribution in [0.25, 0.3) is 0 Å². The molecular formula is C17H19NO3. The monoisotopic (exact) mass is 285 g/mol. The van der Waals surface area contributed by atoms with Gasteiger partial charge in [-0.15, -0.1) is 0 Å². The van der Waals surface area contributed by atoms with Gasteiger partial charge in [0, 0.05) is 12.1 Å². The van der Waals surface area contributed by atoms with Crippen molar-refractivity contribution in [1.82, 2.24) is 5.32 Å². The van der Waals surface area contributed by atoms with Gasteiger partial charge >= 0.3 is 0 Å². The van der Waals surface area contributed by atoms with E-state index in [0.717, 1.165) is 16.9 Å². The summed E-state index contributed by atoms with van der Waals surface area (Å²) in [5.74, 6) is 1.16. The van der Waals surface area contributed by atoms with Crippen molar-refractivity contribution in [2.75, 3.05) is 14.2 Å². The van der Waals surface area contributed by atoms with Gasteiger partial charge in [0.25, 0.3) is 5.91 Å². The molecule has 0 fully saturated rings. The molecule has 0 saturated carbocycles. The highest BCUT2D eigenvalue weighted by atomic mass is 16.5. The number of rotatable bonds is 5. The van der Waals surface area contributed by atoms with E-state index >= 15 is 0 Å². The smallest absolute Gasteiger partial charge is 0.255 e. The molecule has 0 saturated heterocycles. The SMILES string of the molecule is COc1ccc(C)cc1CNC(=O)c1ccccc1OC. The zero-order valence-electron chi connectivity index (χ0n) is 12.5. The quantitative estimate of drug-likeness (QED) is 0.918. The number of para-hydroxylation sites is 1. The summed E-state index contributed by atoms with van der Waals surface area (Å²) < 4.78 is 10.5. The van der Waals surface area contributed by atoms with Gasteiger partial charge in [-0.3, -0.25) is 4.79 Å². The lowest BCUT2D eigenvalue weighted by Crippen LogP contribution is -2.23. The molecule has 0 heterocycles. The molecule has 4 heteroatoms. The van der Waals surface area contributed by atoms with Crippen LogP contribution in [0.15, 0.2) is 42.5 Å². The van der Waals surface area contributed by atoms with Crippen LogP contribution in [0.1, 0.15) is 21.5 Å². The molecule has 110 valence electrons. The third-order valence-electron chi connectivity index (χ3n) is 3.23. The summed E-state index contributed by atoms with van der Waals surface area (Å²) >= 11 is 0. The molecule has 0 unspecified atom stereocenters. The minimum Gasteiger partial charge on any atom is -0.496 e. The van der Waals surface area contributed by atoms with Crippen molar-refractivity contribution >= 4 is 5.91 Å². The van der Waals surface area contributed by atoms with E-state index in [1.54, 1.807) is 26.4 Å². The summed E-state index contributed by atoms with van der Waals surface area (Å²) in [7, 11) is 3.17. The molecule has 1 N–H and O–H groups in total. The van der Waals surface area contributed by atoms with E-state index in [4.69, 9.17) is 9.47 Å². The second-order valence-corrected chi connectivity index (χ2v) is 4.70. The number of amides is 1. The van der Waals surface area contributed by atoms with Gasteiger partial charge in [-0.05, 0) is 25.1 Å². The average molecular weight is 285 g/mol. The first-order valence-corrected chi connectivity index (χ1v) is 6.70. The van der Waals surface area contributed by atoms with Crippen molar-refractivity contribution in [3.8, 4) is 11.5 Å². The first-order chi connectivity index (χ1) is 10.2. The molecule has 1 amide bonds. The second kappa shape index (κ2) is 6.79. The van der Waals surface area contributed by atoms with Crippen LogP contribution in [-0.4, -0.2) is 20.1 Å². The Labute approximate surface area is 124 Å². The van der Waals surface area contributed by atoms with E-state index in [-0.39, 0.29) is 5.91 Å². The van der Waals surface area contributed by atoms with Gasteiger partial charge in [0.2, 0.25) is 0 Å². The molecule has 21 heavy (non-hydrogen) atoms. The molecule has 2 rings (SSSR count). The summed E-state index contributed by atoms with van der Waals surface area (Å²) in [5, 5.41) is 2.89. The molecule has 0 atom stereocenters. The molecule has 4 nitrogen and oxygen atoms in total. The predicted molar refractivity (Wildman–Crippen MR) is 81.9 cm³/mol. The van der Waals surface area contributed by atoms with Crippen molar-refractivity contribution in [2.24, 2.45) is 0 Å². The molecule has 0 spiro atoms. The van der Waals surface area contributed by atoms with Crippen molar-refractivity contribution < 1.29 is 14.3 Å². The first-order valence-electron chi connectivity index (χ1n) is 6.70. The molecule has 0 aliphatic heterocycles. The van der Waals surface area contributed by atoms with Crippen molar-refractivity contribution in [3.05, 3.63) is 59.2 Å². The molecule has 0 radical (unpaired) electrons. The number of hydrogen-bond acceptors (Lipinski definition) is 3. The Morgan fingerprint density at radius 3 is 2.48 bits per heavy atom. The van der Waals surface area contributed by atoms with Crippen molar-refractivity contribution in [2.45, 2.75) is 13.5 Å². The summed E-state index contributed by atoms with van der Waals surface area (Å²) in [6.45, 7) is 2.41. The number of carbonyl (C=O) groups is 1. The molecular weight excluding hydrogens is 266 g/mol. The van der Waals surface area contributed by atoms with Crippen LogP contribution >= 0.6 is 0 Å². The lowest BCUT2D eigenvalue weighted by atomic mass is 10.1. The van der Waals surface area contributed by atoms with Crippen molar-refractivity contribution in [3.63, 3.8) is 0 Å². The van der Waals surface area contributed by atoms with Crippen LogP contribution in [-0.2, 0) is 6.54 Å². The van der Waals surface area contributed by atoms with Crippen molar-refractivity contribution in [1.29, 1.82) is 0 Å². The maximum absolute atomic E-state index is 12.3. The molecule has 0 aliphatic carbocycles. The Morgan fingerprint density at radius 2 is 1.76 bits per heavy atom. The minimum atomic E-state index is -0.170. The Morgan fingerprint density at radius 1 is 1.05 bits per heavy atom. The lowest BCUT2D eigenvalue weighted by Gasteiger charge is -2.12. The molecule has 0 bridgehead atoms. The largest absolute Gasteiger partial charge is 0.496 e. The number of hydrogen-bond donors (Lipinski definition) is 1. The van der Waals surface area contributed by atoms with Gasteiger partial charge in [0.1, 0.15) is 11.5 Å². The van der Waals surface area contributed by atoms with Gasteiger partial charge in [-0.25, -0.2) is 0 Å². The van der Waals surface area contributed by atoms with Gasteiger partial charge in [-0.2, -0.15) is 0 Å². The highest BCUT2D eigenvalue weighted by Gasteiger charge is 2.12. The first kappa shape index (κ1) is 14.9. The van der Waals surface area contributed by atoms with Crippen LogP contribution in [0.4, 0.5) is 0 Å². The summed E-state index contributed by atoms with van der Waals surface area (Å²) in [5.41, 5.74) is 2.59. The predicted octanol–water partition coefficient (Wildman–Crippen LogP) is 2.94. The fourth-order valence-corrected chi connectivity index (χ4v) is 2.15. The maximum Gasteiger partial charge on any atom is 0.255 e. The lowest BCUT2D eigenvalue weighted by molar-refractivity contribution is 0.0947. The Balaban J connectivity index is 2.13. The van der Waals surface area contributed by atoms with E-state index in [0.29, 0.717) is 17.9 Å². The number of benzene rings is 2. The van der Waals surface area contributed by atoms with Gasteiger partial charge in [0.05, 0.1) is 19.8 Å². The number of ether oxygens (including phenoxy) is 2. The van der Waals surface area contributed by atoms with Crippen LogP contribution in [0.5, 0.6) is 11.5 Å². The fourth-order valence-electron chi connectivity index (χ4n) is 2.15. The fraction of sp³-hybridized carbons (Fsp3) is 0.235. The maximum atomic E-state index is 12.3. The Bertz CT molecular complexity index is 638. The molecule has 2 aromatic carbocycles. The number of aryl methyl sites for hydroxylation is 1. The summed E-state index contributed by atoms with van der Waals surface area (Å²) in [4.78, 5) is 12.3. The second-order valence-electron chi connectivity index (χ2n) is 4.70. The van der Waals surface area contributed by atoms with E-state index in [1.807, 2.05) is 37.3 Å². The third kappa shape index (κ3) is 3.54. The van der Waals surface area contributed by atoms with E-state index in [2.05, 4.69) is 5.32 Å². The van der Waals surface area contributed by atoms with Crippen LogP contribution in [0, 0.1) is 6.92 Å². The Hall–Kier alpha value is -2.49. The van der Waals surface area contributed by atoms with Gasteiger partial charge < -0.3 is 14.8 Å². The average Bonchev–Trinajstić information content (AvgIpc) is 2.52. The molecule has 2 aromatic rings. The highest BCUT2D eigenvalue weighted by molar-refractivity contribution is 5.96. The third-order valence-corrected chi connectivity index (χ3v) is 3.23. The standard InChI is InChI=1S/C17H19NO3/c1-12-8-9-15(20-2)13(10-12)11-18-17(19)14-6-4-5-7-16(14)21-3/h4-10H,11H2,1-3H3,(H,18,19). The van der Waals surface area contributed by atoms with Gasteiger partial charge in [-0.1, -0.05) is 29.8 Å². The Kier molecular flexibility index (Phi) is 4.82. The van der Waals surface area contributed by atoms with Crippen LogP contribution in [0.3, 0.4) is 0 Å². The van der Waals surface area contributed by atoms with Gasteiger partial charge in [0.15, 0.2) is 0 Å². The number of nitrogens with one attached hydrogen (secondary N) is 1. The van der Waals surface area contributed by atoms with Crippen LogP contribution in [0.2, 0.25) is 0 Å². The zero-order valence-corrected chi connectivity index (χ0v) is 12.5. The number of methoxy groups -OCH3 is 2. The zero-order chi connectivity index (χ0) is 15.2. The minimum absolute atomic E-state index is 0.170. The van der Waals surface area contributed by atoms with E-state index in [1.165, 1.54) is 0 Å². The number of carbonyl (C=O) groups excluding carboxylic acids is 1. The van der Waals surface area contributed by atoms with E-state index < -0.39 is 0 Å². The summed E-state index contributed by atoms with van der Waals surface area (Å²) in [6, 6.07) is 13.0. The van der Waals surface area contributed by atoms with Crippen LogP contribution < -0.4 is 14.8 Å². The highest BCUT2D eigenvalue weighted by Crippen LogP contribution is 2.20. The topological polar surface area (TPSA) is 47.6 Å².